The molecule has 1 heterocycles. The summed E-state index contributed by atoms with van der Waals surface area (Å²) in [4.78, 5) is 15.5. The van der Waals surface area contributed by atoms with E-state index in [1.54, 1.807) is 26.0 Å². The highest BCUT2D eigenvalue weighted by molar-refractivity contribution is 5.91. The first kappa shape index (κ1) is 14.9. The minimum absolute atomic E-state index is 0.150. The minimum Gasteiger partial charge on any atom is -0.349 e. The van der Waals surface area contributed by atoms with E-state index in [9.17, 15) is 13.6 Å². The van der Waals surface area contributed by atoms with Crippen molar-refractivity contribution in [1.29, 1.82) is 0 Å². The van der Waals surface area contributed by atoms with E-state index in [2.05, 4.69) is 15.6 Å². The molecule has 1 amide bonds. The molecule has 0 aliphatic heterocycles. The summed E-state index contributed by atoms with van der Waals surface area (Å²) in [6, 6.07) is 6.75. The van der Waals surface area contributed by atoms with Crippen molar-refractivity contribution >= 4 is 23.1 Å². The van der Waals surface area contributed by atoms with E-state index in [0.29, 0.717) is 11.5 Å². The number of nitrogens with zero attached hydrogens (tertiary/aromatic N) is 1. The first-order chi connectivity index (χ1) is 9.97. The Hall–Kier alpha value is -2.50. The predicted molar refractivity (Wildman–Crippen MR) is 77.3 cm³/mol. The third-order valence-corrected chi connectivity index (χ3v) is 2.77. The Kier molecular flexibility index (Phi) is 4.47. The second-order valence-corrected chi connectivity index (χ2v) is 4.80. The summed E-state index contributed by atoms with van der Waals surface area (Å²) in [5.74, 6) is -1.30. The van der Waals surface area contributed by atoms with Crippen LogP contribution in [-0.2, 0) is 4.79 Å². The number of hydrogen-bond acceptors (Lipinski definition) is 3. The van der Waals surface area contributed by atoms with Crippen molar-refractivity contribution in [2.24, 2.45) is 5.92 Å². The van der Waals surface area contributed by atoms with Gasteiger partial charge in [0, 0.05) is 5.92 Å². The Morgan fingerprint density at radius 2 is 1.81 bits per heavy atom. The molecule has 0 spiro atoms. The fraction of sp³-hybridized carbons (Fsp3) is 0.200. The summed E-state index contributed by atoms with van der Waals surface area (Å²) in [6.07, 6.45) is 1.39. The fourth-order valence-electron chi connectivity index (χ4n) is 1.57. The van der Waals surface area contributed by atoms with Crippen molar-refractivity contribution in [3.63, 3.8) is 0 Å². The van der Waals surface area contributed by atoms with Gasteiger partial charge in [-0.1, -0.05) is 19.9 Å². The van der Waals surface area contributed by atoms with Gasteiger partial charge in [-0.3, -0.25) is 4.79 Å². The Balaban J connectivity index is 2.11. The van der Waals surface area contributed by atoms with E-state index in [4.69, 9.17) is 0 Å². The average molecular weight is 291 g/mol. The number of hydrogen-bond donors (Lipinski definition) is 2. The largest absolute Gasteiger partial charge is 0.349 e. The van der Waals surface area contributed by atoms with E-state index in [-0.39, 0.29) is 17.5 Å². The molecule has 4 nitrogen and oxygen atoms in total. The van der Waals surface area contributed by atoms with Gasteiger partial charge in [0.05, 0.1) is 11.9 Å². The number of carbonyl (C=O) groups is 1. The van der Waals surface area contributed by atoms with Crippen molar-refractivity contribution in [3.05, 3.63) is 48.2 Å². The van der Waals surface area contributed by atoms with Gasteiger partial charge in [-0.15, -0.1) is 0 Å². The molecule has 1 aromatic heterocycles. The third-order valence-electron chi connectivity index (χ3n) is 2.77. The Labute approximate surface area is 121 Å². The van der Waals surface area contributed by atoms with Crippen LogP contribution in [0.25, 0.3) is 0 Å². The number of amides is 1. The Bertz CT molecular complexity index is 622. The highest BCUT2D eigenvalue weighted by Gasteiger charge is 2.10. The summed E-state index contributed by atoms with van der Waals surface area (Å²) in [7, 11) is 0. The van der Waals surface area contributed by atoms with Crippen LogP contribution in [-0.4, -0.2) is 10.9 Å². The van der Waals surface area contributed by atoms with Crippen LogP contribution >= 0.6 is 0 Å². The van der Waals surface area contributed by atoms with Crippen LogP contribution in [0.1, 0.15) is 13.8 Å². The highest BCUT2D eigenvalue weighted by Crippen LogP contribution is 2.23. The van der Waals surface area contributed by atoms with Crippen LogP contribution in [0, 0.1) is 17.6 Å². The fourth-order valence-corrected chi connectivity index (χ4v) is 1.57. The zero-order chi connectivity index (χ0) is 15.4. The SMILES string of the molecule is CC(C)C(=O)Nc1ccc(Nc2c(F)cccc2F)cn1. The molecule has 21 heavy (non-hydrogen) atoms. The molecule has 0 aliphatic rings. The number of anilines is 3. The number of aromatic nitrogens is 1. The van der Waals surface area contributed by atoms with Gasteiger partial charge in [0.15, 0.2) is 0 Å². The first-order valence-electron chi connectivity index (χ1n) is 6.45. The lowest BCUT2D eigenvalue weighted by Crippen LogP contribution is -2.18. The lowest BCUT2D eigenvalue weighted by atomic mass is 10.2. The summed E-state index contributed by atoms with van der Waals surface area (Å²) < 4.78 is 27.0. The van der Waals surface area contributed by atoms with Crippen molar-refractivity contribution in [1.82, 2.24) is 4.98 Å². The molecule has 0 unspecified atom stereocenters. The minimum atomic E-state index is -0.688. The summed E-state index contributed by atoms with van der Waals surface area (Å²) >= 11 is 0. The van der Waals surface area contributed by atoms with Gasteiger partial charge in [0.1, 0.15) is 23.1 Å². The van der Waals surface area contributed by atoms with Crippen molar-refractivity contribution < 1.29 is 13.6 Å². The molecular formula is C15H15F2N3O. The molecule has 0 bridgehead atoms. The molecule has 0 radical (unpaired) electrons. The van der Waals surface area contributed by atoms with Crippen LogP contribution in [0.4, 0.5) is 26.0 Å². The first-order valence-corrected chi connectivity index (χ1v) is 6.45. The van der Waals surface area contributed by atoms with Gasteiger partial charge in [-0.05, 0) is 24.3 Å². The maximum Gasteiger partial charge on any atom is 0.228 e. The molecule has 2 rings (SSSR count). The number of carbonyl (C=O) groups excluding carboxylic acids is 1. The molecule has 0 atom stereocenters. The van der Waals surface area contributed by atoms with Gasteiger partial charge in [0.2, 0.25) is 5.91 Å². The van der Waals surface area contributed by atoms with Crippen molar-refractivity contribution in [2.75, 3.05) is 10.6 Å². The third kappa shape index (κ3) is 3.75. The molecular weight excluding hydrogens is 276 g/mol. The summed E-state index contributed by atoms with van der Waals surface area (Å²) in [5, 5.41) is 5.25. The van der Waals surface area contributed by atoms with Crippen molar-refractivity contribution in [2.45, 2.75) is 13.8 Å². The average Bonchev–Trinajstić information content (AvgIpc) is 2.44. The molecule has 1 aromatic carbocycles. The molecule has 6 heteroatoms. The molecule has 0 fully saturated rings. The maximum atomic E-state index is 13.5. The number of nitrogens with one attached hydrogen (secondary N) is 2. The van der Waals surface area contributed by atoms with E-state index >= 15 is 0 Å². The predicted octanol–water partition coefficient (Wildman–Crippen LogP) is 3.70. The molecule has 110 valence electrons. The second-order valence-electron chi connectivity index (χ2n) is 4.80. The zero-order valence-corrected chi connectivity index (χ0v) is 11.7. The summed E-state index contributed by atoms with van der Waals surface area (Å²) in [6.45, 7) is 3.54. The number of halogens is 2. The van der Waals surface area contributed by atoms with E-state index in [1.807, 2.05) is 0 Å². The van der Waals surface area contributed by atoms with Gasteiger partial charge in [-0.25, -0.2) is 13.8 Å². The van der Waals surface area contributed by atoms with Crippen LogP contribution < -0.4 is 10.6 Å². The van der Waals surface area contributed by atoms with Crippen LogP contribution in [0.3, 0.4) is 0 Å². The monoisotopic (exact) mass is 291 g/mol. The lowest BCUT2D eigenvalue weighted by molar-refractivity contribution is -0.118. The standard InChI is InChI=1S/C15H15F2N3O/c1-9(2)15(21)20-13-7-6-10(8-18-13)19-14-11(16)4-3-5-12(14)17/h3-9,19H,1-2H3,(H,18,20,21). The molecule has 2 N–H and O–H groups in total. The number of rotatable bonds is 4. The summed E-state index contributed by atoms with van der Waals surface area (Å²) in [5.41, 5.74) is 0.180. The topological polar surface area (TPSA) is 54.0 Å². The molecule has 2 aromatic rings. The molecule has 0 saturated carbocycles. The Morgan fingerprint density at radius 1 is 1.14 bits per heavy atom. The van der Waals surface area contributed by atoms with E-state index in [1.165, 1.54) is 12.3 Å². The molecule has 0 aliphatic carbocycles. The Morgan fingerprint density at radius 3 is 2.33 bits per heavy atom. The number of para-hydroxylation sites is 1. The number of benzene rings is 1. The molecule has 0 saturated heterocycles. The van der Waals surface area contributed by atoms with Crippen molar-refractivity contribution in [3.8, 4) is 0 Å². The lowest BCUT2D eigenvalue weighted by Gasteiger charge is -2.10. The van der Waals surface area contributed by atoms with E-state index < -0.39 is 11.6 Å². The van der Waals surface area contributed by atoms with E-state index in [0.717, 1.165) is 12.1 Å². The van der Waals surface area contributed by atoms with Gasteiger partial charge in [-0.2, -0.15) is 0 Å². The van der Waals surface area contributed by atoms with Crippen LogP contribution in [0.15, 0.2) is 36.5 Å². The second kappa shape index (κ2) is 6.30. The van der Waals surface area contributed by atoms with Gasteiger partial charge in [0.25, 0.3) is 0 Å². The van der Waals surface area contributed by atoms with Crippen LogP contribution in [0.2, 0.25) is 0 Å². The normalized spacial score (nSPS) is 10.5. The smallest absolute Gasteiger partial charge is 0.228 e. The maximum absolute atomic E-state index is 13.5. The van der Waals surface area contributed by atoms with Gasteiger partial charge < -0.3 is 10.6 Å². The van der Waals surface area contributed by atoms with Crippen LogP contribution in [0.5, 0.6) is 0 Å². The zero-order valence-electron chi connectivity index (χ0n) is 11.7. The number of pyridine rings is 1. The quantitative estimate of drug-likeness (QED) is 0.903. The van der Waals surface area contributed by atoms with Gasteiger partial charge >= 0.3 is 0 Å². The highest BCUT2D eigenvalue weighted by atomic mass is 19.1.